The van der Waals surface area contributed by atoms with Crippen LogP contribution in [0.15, 0.2) is 41.0 Å². The van der Waals surface area contributed by atoms with E-state index in [1.165, 1.54) is 36.0 Å². The first-order chi connectivity index (χ1) is 8.84. The number of aryl methyl sites for hydroxylation is 2. The Bertz CT molecular complexity index is 529. The Kier molecular flexibility index (Phi) is 3.20. The van der Waals surface area contributed by atoms with E-state index in [-0.39, 0.29) is 0 Å². The van der Waals surface area contributed by atoms with Gasteiger partial charge < -0.3 is 9.73 Å². The second kappa shape index (κ2) is 4.99. The maximum Gasteiger partial charge on any atom is 0.120 e. The van der Waals surface area contributed by atoms with E-state index >= 15 is 0 Å². The molecule has 0 saturated heterocycles. The summed E-state index contributed by atoms with van der Waals surface area (Å²) in [5, 5.41) is 3.63. The molecule has 0 radical (unpaired) electrons. The lowest BCUT2D eigenvalue weighted by atomic mass is 9.88. The zero-order valence-corrected chi connectivity index (χ0v) is 10.8. The van der Waals surface area contributed by atoms with Crippen molar-refractivity contribution in [2.75, 3.05) is 0 Å². The van der Waals surface area contributed by atoms with Gasteiger partial charge in [0.05, 0.1) is 12.8 Å². The minimum atomic E-state index is 0.472. The number of hydrogen-bond donors (Lipinski definition) is 1. The average Bonchev–Trinajstić information content (AvgIpc) is 2.82. The summed E-state index contributed by atoms with van der Waals surface area (Å²) in [6.07, 6.45) is 5.47. The van der Waals surface area contributed by atoms with E-state index in [4.69, 9.17) is 4.42 Å². The van der Waals surface area contributed by atoms with Crippen LogP contribution in [0.25, 0.3) is 0 Å². The zero-order valence-electron chi connectivity index (χ0n) is 10.8. The third-order valence-corrected chi connectivity index (χ3v) is 3.85. The second-order valence-corrected chi connectivity index (χ2v) is 5.05. The topological polar surface area (TPSA) is 25.2 Å². The summed E-state index contributed by atoms with van der Waals surface area (Å²) >= 11 is 0. The van der Waals surface area contributed by atoms with Crippen molar-refractivity contribution in [3.63, 3.8) is 0 Å². The number of hydrogen-bond acceptors (Lipinski definition) is 2. The lowest BCUT2D eigenvalue weighted by Gasteiger charge is -2.26. The van der Waals surface area contributed by atoms with Gasteiger partial charge >= 0.3 is 0 Å². The monoisotopic (exact) mass is 241 g/mol. The van der Waals surface area contributed by atoms with Crippen molar-refractivity contribution < 1.29 is 4.42 Å². The van der Waals surface area contributed by atoms with Crippen LogP contribution in [0.3, 0.4) is 0 Å². The molecule has 0 fully saturated rings. The van der Waals surface area contributed by atoms with Gasteiger partial charge in [0.25, 0.3) is 0 Å². The summed E-state index contributed by atoms with van der Waals surface area (Å²) in [4.78, 5) is 0. The molecule has 1 aliphatic rings. The number of nitrogens with one attached hydrogen (secondary N) is 1. The minimum absolute atomic E-state index is 0.472. The van der Waals surface area contributed by atoms with Crippen molar-refractivity contribution >= 4 is 0 Å². The summed E-state index contributed by atoms with van der Waals surface area (Å²) in [5.41, 5.74) is 4.19. The van der Waals surface area contributed by atoms with Gasteiger partial charge in [-0.1, -0.05) is 24.3 Å². The Labute approximate surface area is 108 Å². The highest BCUT2D eigenvalue weighted by atomic mass is 16.3. The number of benzene rings is 1. The van der Waals surface area contributed by atoms with Gasteiger partial charge in [0, 0.05) is 6.04 Å². The van der Waals surface area contributed by atoms with Crippen molar-refractivity contribution in [3.8, 4) is 0 Å². The van der Waals surface area contributed by atoms with Crippen LogP contribution in [0.5, 0.6) is 0 Å². The highest BCUT2D eigenvalue weighted by molar-refractivity contribution is 5.32. The largest absolute Gasteiger partial charge is 0.468 e. The molecule has 0 bridgehead atoms. The van der Waals surface area contributed by atoms with Crippen LogP contribution in [-0.2, 0) is 13.0 Å². The van der Waals surface area contributed by atoms with E-state index in [9.17, 15) is 0 Å². The fourth-order valence-electron chi connectivity index (χ4n) is 2.77. The highest BCUT2D eigenvalue weighted by Gasteiger charge is 2.19. The highest BCUT2D eigenvalue weighted by Crippen LogP contribution is 2.29. The first kappa shape index (κ1) is 11.5. The molecule has 94 valence electrons. The maximum absolute atomic E-state index is 5.48. The first-order valence-electron chi connectivity index (χ1n) is 6.69. The molecule has 18 heavy (non-hydrogen) atoms. The second-order valence-electron chi connectivity index (χ2n) is 5.05. The standard InChI is InChI=1S/C16H19NO/c1-12-9-10-18-16(12)11-17-15-8-4-6-13-5-2-3-7-14(13)15/h2-3,5,7,9-10,15,17H,4,6,8,11H2,1H3. The van der Waals surface area contributed by atoms with Crippen molar-refractivity contribution in [2.24, 2.45) is 0 Å². The van der Waals surface area contributed by atoms with Crippen LogP contribution in [0, 0.1) is 6.92 Å². The molecule has 0 amide bonds. The molecule has 1 unspecified atom stereocenters. The van der Waals surface area contributed by atoms with Gasteiger partial charge in [-0.3, -0.25) is 0 Å². The number of fused-ring (bicyclic) bond motifs is 1. The molecule has 1 atom stereocenters. The van der Waals surface area contributed by atoms with Crippen molar-refractivity contribution in [3.05, 3.63) is 59.0 Å². The molecule has 1 aromatic carbocycles. The zero-order chi connectivity index (χ0) is 12.4. The smallest absolute Gasteiger partial charge is 0.120 e. The van der Waals surface area contributed by atoms with Crippen molar-refractivity contribution in [2.45, 2.75) is 38.8 Å². The summed E-state index contributed by atoms with van der Waals surface area (Å²) < 4.78 is 5.48. The molecule has 1 aliphatic carbocycles. The van der Waals surface area contributed by atoms with E-state index in [2.05, 4.69) is 36.5 Å². The Morgan fingerprint density at radius 2 is 2.17 bits per heavy atom. The van der Waals surface area contributed by atoms with Crippen LogP contribution < -0.4 is 5.32 Å². The first-order valence-corrected chi connectivity index (χ1v) is 6.69. The lowest BCUT2D eigenvalue weighted by molar-refractivity contribution is 0.416. The summed E-state index contributed by atoms with van der Waals surface area (Å²) in [7, 11) is 0. The van der Waals surface area contributed by atoms with Gasteiger partial charge in [-0.05, 0) is 48.9 Å². The minimum Gasteiger partial charge on any atom is -0.468 e. The predicted octanol–water partition coefficient (Wildman–Crippen LogP) is 3.76. The van der Waals surface area contributed by atoms with Crippen LogP contribution in [0.4, 0.5) is 0 Å². The number of rotatable bonds is 3. The SMILES string of the molecule is Cc1ccoc1CNC1CCCc2ccccc21. The van der Waals surface area contributed by atoms with Gasteiger partial charge in [0.2, 0.25) is 0 Å². The third kappa shape index (κ3) is 2.21. The van der Waals surface area contributed by atoms with E-state index in [0.717, 1.165) is 12.3 Å². The molecule has 1 heterocycles. The maximum atomic E-state index is 5.48. The van der Waals surface area contributed by atoms with Crippen LogP contribution in [0.2, 0.25) is 0 Å². The molecule has 0 aliphatic heterocycles. The fourth-order valence-corrected chi connectivity index (χ4v) is 2.77. The fraction of sp³-hybridized carbons (Fsp3) is 0.375. The number of furan rings is 1. The summed E-state index contributed by atoms with van der Waals surface area (Å²) in [5.74, 6) is 1.05. The molecule has 2 nitrogen and oxygen atoms in total. The third-order valence-electron chi connectivity index (χ3n) is 3.85. The molecule has 1 N–H and O–H groups in total. The Morgan fingerprint density at radius 3 is 3.00 bits per heavy atom. The van der Waals surface area contributed by atoms with Gasteiger partial charge in [0.1, 0.15) is 5.76 Å². The molecular formula is C16H19NO. The summed E-state index contributed by atoms with van der Waals surface area (Å²) in [6.45, 7) is 2.91. The van der Waals surface area contributed by atoms with Gasteiger partial charge in [-0.2, -0.15) is 0 Å². The summed E-state index contributed by atoms with van der Waals surface area (Å²) in [6, 6.07) is 11.3. The Morgan fingerprint density at radius 1 is 1.28 bits per heavy atom. The normalized spacial score (nSPS) is 18.6. The van der Waals surface area contributed by atoms with Crippen molar-refractivity contribution in [1.29, 1.82) is 0 Å². The molecular weight excluding hydrogens is 222 g/mol. The van der Waals surface area contributed by atoms with Crippen LogP contribution in [0.1, 0.15) is 41.3 Å². The lowest BCUT2D eigenvalue weighted by Crippen LogP contribution is -2.24. The molecule has 1 aromatic heterocycles. The predicted molar refractivity (Wildman–Crippen MR) is 72.4 cm³/mol. The molecule has 3 rings (SSSR count). The Hall–Kier alpha value is -1.54. The van der Waals surface area contributed by atoms with Gasteiger partial charge in [-0.15, -0.1) is 0 Å². The molecule has 2 heteroatoms. The van der Waals surface area contributed by atoms with Crippen molar-refractivity contribution in [1.82, 2.24) is 5.32 Å². The van der Waals surface area contributed by atoms with E-state index in [1.54, 1.807) is 6.26 Å². The van der Waals surface area contributed by atoms with Crippen LogP contribution >= 0.6 is 0 Å². The average molecular weight is 241 g/mol. The van der Waals surface area contributed by atoms with E-state index < -0.39 is 0 Å². The molecule has 0 saturated carbocycles. The van der Waals surface area contributed by atoms with Gasteiger partial charge in [0.15, 0.2) is 0 Å². The van der Waals surface area contributed by atoms with Crippen LogP contribution in [-0.4, -0.2) is 0 Å². The van der Waals surface area contributed by atoms with E-state index in [1.807, 2.05) is 6.07 Å². The Balaban J connectivity index is 1.73. The quantitative estimate of drug-likeness (QED) is 0.885. The van der Waals surface area contributed by atoms with Gasteiger partial charge in [-0.25, -0.2) is 0 Å². The molecule has 2 aromatic rings. The molecule has 0 spiro atoms. The van der Waals surface area contributed by atoms with E-state index in [0.29, 0.717) is 6.04 Å².